The number of hydrogen-bond acceptors (Lipinski definition) is 3. The molecule has 0 bridgehead atoms. The van der Waals surface area contributed by atoms with Gasteiger partial charge < -0.3 is 15.2 Å². The Balaban J connectivity index is 1.77. The predicted octanol–water partition coefficient (Wildman–Crippen LogP) is 2.24. The van der Waals surface area contributed by atoms with Gasteiger partial charge in [0.2, 0.25) is 0 Å². The minimum atomic E-state index is -0.880. The lowest BCUT2D eigenvalue weighted by molar-refractivity contribution is -0.133. The van der Waals surface area contributed by atoms with Gasteiger partial charge in [0.25, 0.3) is 0 Å². The largest absolute Gasteiger partial charge is 0.477 e. The maximum atomic E-state index is 11.0. The molecule has 1 aliphatic carbocycles. The summed E-state index contributed by atoms with van der Waals surface area (Å²) in [5.74, 6) is -0.208. The first-order valence-electron chi connectivity index (χ1n) is 7.20. The topological polar surface area (TPSA) is 58.6 Å². The summed E-state index contributed by atoms with van der Waals surface area (Å²) in [6, 6.07) is 0.0951. The van der Waals surface area contributed by atoms with Crippen molar-refractivity contribution in [1.82, 2.24) is 5.32 Å². The second kappa shape index (κ2) is 4.77. The number of ether oxygens (including phenoxy) is 1. The van der Waals surface area contributed by atoms with Crippen LogP contribution in [0.4, 0.5) is 0 Å². The number of carbonyl (C=O) groups is 1. The summed E-state index contributed by atoms with van der Waals surface area (Å²) in [7, 11) is 0. The summed E-state index contributed by atoms with van der Waals surface area (Å²) in [5, 5.41) is 12.1. The molecule has 0 radical (unpaired) electrons. The molecule has 2 aliphatic heterocycles. The Labute approximate surface area is 119 Å². The van der Waals surface area contributed by atoms with E-state index < -0.39 is 5.97 Å². The predicted molar refractivity (Wildman–Crippen MR) is 76.1 cm³/mol. The van der Waals surface area contributed by atoms with E-state index in [0.717, 1.165) is 19.4 Å². The van der Waals surface area contributed by atoms with Crippen LogP contribution in [0.1, 0.15) is 26.7 Å². The summed E-state index contributed by atoms with van der Waals surface area (Å²) in [6.07, 6.45) is 10.3. The summed E-state index contributed by atoms with van der Waals surface area (Å²) in [4.78, 5) is 11.0. The Morgan fingerprint density at radius 2 is 2.25 bits per heavy atom. The van der Waals surface area contributed by atoms with Crippen molar-refractivity contribution >= 4 is 5.97 Å². The molecule has 2 heterocycles. The maximum absolute atomic E-state index is 11.0. The quantitative estimate of drug-likeness (QED) is 0.811. The molecule has 3 aliphatic rings. The van der Waals surface area contributed by atoms with E-state index in [0.29, 0.717) is 11.6 Å². The molecule has 108 valence electrons. The monoisotopic (exact) mass is 275 g/mol. The number of aliphatic carboxylic acids is 1. The van der Waals surface area contributed by atoms with Gasteiger partial charge in [-0.05, 0) is 44.3 Å². The minimum Gasteiger partial charge on any atom is -0.477 e. The average molecular weight is 275 g/mol. The molecule has 0 spiro atoms. The molecule has 2 N–H and O–H groups in total. The van der Waals surface area contributed by atoms with E-state index in [9.17, 15) is 4.79 Å². The van der Waals surface area contributed by atoms with Crippen molar-refractivity contribution in [1.29, 1.82) is 0 Å². The lowest BCUT2D eigenvalue weighted by Gasteiger charge is -2.37. The van der Waals surface area contributed by atoms with E-state index in [-0.39, 0.29) is 17.6 Å². The fourth-order valence-electron chi connectivity index (χ4n) is 3.36. The molecule has 1 saturated heterocycles. The number of rotatable bonds is 2. The highest BCUT2D eigenvalue weighted by Gasteiger charge is 2.34. The first-order chi connectivity index (χ1) is 9.44. The van der Waals surface area contributed by atoms with Crippen LogP contribution in [0.5, 0.6) is 0 Å². The lowest BCUT2D eigenvalue weighted by Crippen LogP contribution is -2.35. The average Bonchev–Trinajstić information content (AvgIpc) is 2.80. The van der Waals surface area contributed by atoms with Crippen molar-refractivity contribution in [3.8, 4) is 0 Å². The van der Waals surface area contributed by atoms with Crippen LogP contribution < -0.4 is 5.32 Å². The Kier molecular flexibility index (Phi) is 3.21. The van der Waals surface area contributed by atoms with Crippen LogP contribution in [0.2, 0.25) is 0 Å². The second-order valence-electron chi connectivity index (χ2n) is 6.46. The van der Waals surface area contributed by atoms with Gasteiger partial charge in [-0.2, -0.15) is 0 Å². The van der Waals surface area contributed by atoms with E-state index in [4.69, 9.17) is 9.84 Å². The molecular formula is C16H21NO3. The van der Waals surface area contributed by atoms with Crippen molar-refractivity contribution in [3.63, 3.8) is 0 Å². The molecule has 3 rings (SSSR count). The van der Waals surface area contributed by atoms with Gasteiger partial charge in [-0.25, -0.2) is 4.79 Å². The van der Waals surface area contributed by atoms with Gasteiger partial charge in [0.15, 0.2) is 0 Å². The standard InChI is InChI=1S/C16H21NO3/c1-16(2)9-11(5-6-20-16)10-3-4-13-12(7-10)8-14(17-13)15(18)19/h3-4,7-8,11-13,17H,5-6,9H2,1-2H3,(H,18,19)/t11-,12?,13?/m0/s1. The molecule has 0 aromatic heterocycles. The van der Waals surface area contributed by atoms with Crippen LogP contribution in [0.25, 0.3) is 0 Å². The van der Waals surface area contributed by atoms with Crippen LogP contribution in [0, 0.1) is 11.8 Å². The van der Waals surface area contributed by atoms with Crippen LogP contribution in [-0.2, 0) is 9.53 Å². The Morgan fingerprint density at radius 3 is 2.95 bits per heavy atom. The highest BCUT2D eigenvalue weighted by molar-refractivity contribution is 5.86. The van der Waals surface area contributed by atoms with Gasteiger partial charge in [-0.3, -0.25) is 0 Å². The number of carboxylic acid groups (broad SMARTS) is 1. The first kappa shape index (κ1) is 13.4. The van der Waals surface area contributed by atoms with Crippen LogP contribution in [0.15, 0.2) is 35.6 Å². The number of nitrogens with one attached hydrogen (secondary N) is 1. The summed E-state index contributed by atoms with van der Waals surface area (Å²) in [6.45, 7) is 5.06. The van der Waals surface area contributed by atoms with E-state index >= 15 is 0 Å². The Morgan fingerprint density at radius 1 is 1.45 bits per heavy atom. The first-order valence-corrected chi connectivity index (χ1v) is 7.20. The van der Waals surface area contributed by atoms with Crippen LogP contribution in [0.3, 0.4) is 0 Å². The molecule has 0 aromatic rings. The van der Waals surface area contributed by atoms with Gasteiger partial charge in [0, 0.05) is 12.5 Å². The molecule has 0 amide bonds. The van der Waals surface area contributed by atoms with E-state index in [1.165, 1.54) is 5.57 Å². The third kappa shape index (κ3) is 2.52. The van der Waals surface area contributed by atoms with E-state index in [1.54, 1.807) is 0 Å². The van der Waals surface area contributed by atoms with E-state index in [2.05, 4.69) is 37.4 Å². The van der Waals surface area contributed by atoms with Gasteiger partial charge in [0.05, 0.1) is 11.6 Å². The SMILES string of the molecule is CC1(C)C[C@@H](C2=CC3C=C(C(=O)O)NC3C=C2)CCO1. The molecule has 4 heteroatoms. The number of allylic oxidation sites excluding steroid dienone is 2. The number of hydrogen-bond donors (Lipinski definition) is 2. The third-order valence-electron chi connectivity index (χ3n) is 4.38. The van der Waals surface area contributed by atoms with E-state index in [1.807, 2.05) is 6.08 Å². The van der Waals surface area contributed by atoms with Crippen molar-refractivity contribution in [2.45, 2.75) is 38.3 Å². The molecule has 20 heavy (non-hydrogen) atoms. The van der Waals surface area contributed by atoms with Crippen molar-refractivity contribution < 1.29 is 14.6 Å². The summed E-state index contributed by atoms with van der Waals surface area (Å²) in [5.41, 5.74) is 1.58. The van der Waals surface area contributed by atoms with Gasteiger partial charge in [-0.1, -0.05) is 18.2 Å². The zero-order valence-corrected chi connectivity index (χ0v) is 11.9. The maximum Gasteiger partial charge on any atom is 0.351 e. The number of carboxylic acids is 1. The van der Waals surface area contributed by atoms with Gasteiger partial charge in [0.1, 0.15) is 5.70 Å². The minimum absolute atomic E-state index is 0.0650. The molecule has 4 nitrogen and oxygen atoms in total. The lowest BCUT2D eigenvalue weighted by atomic mass is 9.79. The fourth-order valence-corrected chi connectivity index (χ4v) is 3.36. The zero-order valence-electron chi connectivity index (χ0n) is 11.9. The van der Waals surface area contributed by atoms with Gasteiger partial charge in [-0.15, -0.1) is 0 Å². The second-order valence-corrected chi connectivity index (χ2v) is 6.46. The Bertz CT molecular complexity index is 516. The highest BCUT2D eigenvalue weighted by atomic mass is 16.5. The molecule has 3 atom stereocenters. The summed E-state index contributed by atoms with van der Waals surface area (Å²) < 4.78 is 5.77. The molecule has 2 unspecified atom stereocenters. The van der Waals surface area contributed by atoms with Crippen LogP contribution >= 0.6 is 0 Å². The fraction of sp³-hybridized carbons (Fsp3) is 0.562. The normalized spacial score (nSPS) is 34.8. The molecule has 0 aromatic carbocycles. The Hall–Kier alpha value is -1.55. The van der Waals surface area contributed by atoms with Crippen molar-refractivity contribution in [3.05, 3.63) is 35.6 Å². The summed E-state index contributed by atoms with van der Waals surface area (Å²) >= 11 is 0. The zero-order chi connectivity index (χ0) is 14.3. The molecule has 1 fully saturated rings. The highest BCUT2D eigenvalue weighted by Crippen LogP contribution is 2.37. The van der Waals surface area contributed by atoms with Crippen molar-refractivity contribution in [2.24, 2.45) is 11.8 Å². The van der Waals surface area contributed by atoms with Gasteiger partial charge >= 0.3 is 5.97 Å². The number of fused-ring (bicyclic) bond motifs is 1. The third-order valence-corrected chi connectivity index (χ3v) is 4.38. The van der Waals surface area contributed by atoms with Crippen LogP contribution in [-0.4, -0.2) is 29.3 Å². The smallest absolute Gasteiger partial charge is 0.351 e. The van der Waals surface area contributed by atoms with Crippen molar-refractivity contribution in [2.75, 3.05) is 6.61 Å². The molecular weight excluding hydrogens is 254 g/mol. The molecule has 0 saturated carbocycles.